The highest BCUT2D eigenvalue weighted by Crippen LogP contribution is 2.59. The quantitative estimate of drug-likeness (QED) is 0.0805. The van der Waals surface area contributed by atoms with Crippen molar-refractivity contribution in [3.8, 4) is 38.7 Å². The standard InChI is InChI=1S/C38H47N5O7S2.C37H42F3N5O7S2.2CH4/c1-22(2)29-21-51-35(40-29)28-17-32(27-13-14-31(49-5)23(3)34(27)39-28)50-25-16-30-36(45)42(4)15-9-7-6-8-10-24-18-38(24,19-33(44)43(30)20-25)37(46)41-52(47,48)26-11-12-26;1-21-22(19-46)9-10-25-28(15-26(41-31(21)25)32-42-29(20-53-32)37(38,39)40)52-24-14-27-33(48)44(3)13-7-5-4-6-8-23-16-36(23,17-30(47)45(27)18-24)34(49)43-54(50,51)35(2)11-12-35;;/h8,10,13-14,17,21-22,24-26,30H,6-7,9,11-12,15-16,18-20H2,1-5H3,(H,41,46);6,8-10,15,20,23-24,27,46H,4-5,7,11-14,16-19H2,1-3H3,(H,43,49);2*1H4/b10-8-;8-6-;;/t24-,25+,30+,38-;23-,24+,27+,36-;;/m11../s1. The highest BCUT2D eigenvalue weighted by Gasteiger charge is 2.64. The third kappa shape index (κ3) is 16.4. The zero-order valence-electron chi connectivity index (χ0n) is 60.5. The Morgan fingerprint density at radius 3 is 1.64 bits per heavy atom. The van der Waals surface area contributed by atoms with Crippen LogP contribution in [-0.4, -0.2) is 179 Å². The van der Waals surface area contributed by atoms with Crippen LogP contribution < -0.4 is 23.7 Å². The number of alkyl halides is 3. The molecule has 0 radical (unpaired) electrons. The Kier molecular flexibility index (Phi) is 23.5. The number of carbonyl (C=O) groups is 6. The zero-order valence-corrected chi connectivity index (χ0v) is 63.8. The SMILES string of the molecule is C.C.COc1ccc2c(O[C@H]3C[C@H]4C(=O)N(C)CCCC/C=C\[C@@H]5C[C@@]5(C(=O)NS(=O)(=O)C5CC5)CC(=O)N4C3)cc(-c3nc(C(C)C)cs3)nc2c1C.Cc1c(CO)ccc2c(O[C@H]3C[C@H]4C(=O)N(C)CCCC/C=C\[C@@H]5C[C@@]5(C(=O)NS(=O)(=O)C5(C)CC5)CC(=O)N4C3)cc(-c3nc(C(F)(F)F)cs3)nc12. The van der Waals surface area contributed by atoms with Crippen LogP contribution in [0.4, 0.5) is 13.2 Å². The molecule has 2 aromatic carbocycles. The third-order valence-corrected chi connectivity index (χ3v) is 28.1. The smallest absolute Gasteiger partial charge is 0.434 e. The zero-order chi connectivity index (χ0) is 75.7. The van der Waals surface area contributed by atoms with Crippen LogP contribution in [0.5, 0.6) is 17.2 Å². The summed E-state index contributed by atoms with van der Waals surface area (Å²) in [6.45, 7) is 10.3. The lowest BCUT2D eigenvalue weighted by Gasteiger charge is -2.29. The van der Waals surface area contributed by atoms with E-state index in [-0.39, 0.29) is 119 Å². The molecule has 0 bridgehead atoms. The molecule has 4 aromatic heterocycles. The number of halogens is 3. The summed E-state index contributed by atoms with van der Waals surface area (Å²) in [5, 5.41) is 14.4. The average Bonchev–Trinajstić information content (AvgIpc) is 1.57. The minimum Gasteiger partial charge on any atom is -0.496 e. The van der Waals surface area contributed by atoms with Gasteiger partial charge in [0.05, 0.1) is 64.4 Å². The average molecular weight is 1570 g/mol. The van der Waals surface area contributed by atoms with Crippen molar-refractivity contribution in [3.63, 3.8) is 0 Å². The van der Waals surface area contributed by atoms with E-state index in [9.17, 15) is 63.9 Å². The number of sulfonamides is 2. The van der Waals surface area contributed by atoms with Crippen LogP contribution in [0.2, 0.25) is 0 Å². The predicted molar refractivity (Wildman–Crippen MR) is 406 cm³/mol. The first-order valence-electron chi connectivity index (χ1n) is 36.2. The van der Waals surface area contributed by atoms with Crippen LogP contribution in [0.3, 0.4) is 0 Å². The lowest BCUT2D eigenvalue weighted by molar-refractivity contribution is -0.145. The van der Waals surface area contributed by atoms with E-state index in [0.717, 1.165) is 64.1 Å². The molecule has 6 fully saturated rings. The molecule has 8 aliphatic rings. The van der Waals surface area contributed by atoms with E-state index in [1.807, 2.05) is 54.8 Å². The molecule has 8 atom stereocenters. The van der Waals surface area contributed by atoms with Crippen molar-refractivity contribution in [1.29, 1.82) is 0 Å². The van der Waals surface area contributed by atoms with Crippen molar-refractivity contribution in [2.45, 2.75) is 205 Å². The van der Waals surface area contributed by atoms with Gasteiger partial charge in [0.1, 0.15) is 62.9 Å². The molecule has 6 aromatic rings. The summed E-state index contributed by atoms with van der Waals surface area (Å²) in [5.41, 5.74) is 1.31. The summed E-state index contributed by atoms with van der Waals surface area (Å²) in [5.74, 6) is -1.55. The molecule has 14 rings (SSSR count). The number of hydrogen-bond acceptors (Lipinski definition) is 20. The number of aliphatic hydroxyl groups excluding tert-OH is 1. The first kappa shape index (κ1) is 80.9. The van der Waals surface area contributed by atoms with E-state index in [4.69, 9.17) is 24.2 Å². The lowest BCUT2D eigenvalue weighted by Crippen LogP contribution is -2.49. The van der Waals surface area contributed by atoms with E-state index < -0.39 is 94.8 Å². The highest BCUT2D eigenvalue weighted by molar-refractivity contribution is 7.91. The minimum absolute atomic E-state index is 0. The molecular weight excluding hydrogens is 1470 g/mol. The summed E-state index contributed by atoms with van der Waals surface area (Å²) < 4.78 is 115. The second-order valence-corrected chi connectivity index (χ2v) is 36.1. The van der Waals surface area contributed by atoms with Crippen LogP contribution in [-0.2, 0) is 61.6 Å². The first-order valence-corrected chi connectivity index (χ1v) is 41.0. The van der Waals surface area contributed by atoms with Crippen LogP contribution in [0.15, 0.2) is 71.5 Å². The molecule has 0 unspecified atom stereocenters. The van der Waals surface area contributed by atoms with Gasteiger partial charge in [0, 0.05) is 92.1 Å². The van der Waals surface area contributed by atoms with Crippen LogP contribution in [0, 0.1) is 36.5 Å². The number of fused-ring (bicyclic) bond motifs is 6. The van der Waals surface area contributed by atoms with Crippen LogP contribution in [0.1, 0.15) is 172 Å². The molecule has 108 heavy (non-hydrogen) atoms. The number of aliphatic hydroxyl groups is 1. The maximum Gasteiger partial charge on any atom is 0.434 e. The van der Waals surface area contributed by atoms with Gasteiger partial charge in [0.15, 0.2) is 5.69 Å². The number of nitrogens with one attached hydrogen (secondary N) is 2. The van der Waals surface area contributed by atoms with E-state index in [0.29, 0.717) is 103 Å². The second-order valence-electron chi connectivity index (χ2n) is 30.3. The van der Waals surface area contributed by atoms with Crippen molar-refractivity contribution in [2.75, 3.05) is 47.4 Å². The number of thiazole rings is 2. The number of benzene rings is 2. The molecule has 0 spiro atoms. The molecule has 8 heterocycles. The first-order chi connectivity index (χ1) is 50.3. The van der Waals surface area contributed by atoms with E-state index in [2.05, 4.69) is 33.3 Å². The number of aryl methyl sites for hydroxylation is 2. The third-order valence-electron chi connectivity index (χ3n) is 22.4. The number of methoxy groups -OCH3 is 1. The van der Waals surface area contributed by atoms with Gasteiger partial charge in [-0.05, 0) is 145 Å². The predicted octanol–water partition coefficient (Wildman–Crippen LogP) is 11.7. The maximum atomic E-state index is 14.3. The second kappa shape index (κ2) is 31.3. The summed E-state index contributed by atoms with van der Waals surface area (Å²) in [6, 6.07) is 8.80. The molecule has 3 N–H and O–H groups in total. The Bertz CT molecular complexity index is 4790. The molecule has 24 nitrogen and oxygen atoms in total. The number of likely N-dealkylation sites (N-methyl/N-ethyl adjacent to an activating group) is 2. The summed E-state index contributed by atoms with van der Waals surface area (Å²) in [4.78, 5) is 109. The molecule has 4 aliphatic heterocycles. The van der Waals surface area contributed by atoms with Gasteiger partial charge in [-0.3, -0.25) is 38.2 Å². The maximum absolute atomic E-state index is 14.3. The summed E-state index contributed by atoms with van der Waals surface area (Å²) in [6.07, 6.45) is 8.88. The van der Waals surface area contributed by atoms with E-state index in [1.165, 1.54) is 22.3 Å². The lowest BCUT2D eigenvalue weighted by atomic mass is 9.96. The van der Waals surface area contributed by atoms with E-state index >= 15 is 0 Å². The molecule has 584 valence electrons. The summed E-state index contributed by atoms with van der Waals surface area (Å²) >= 11 is 2.29. The number of rotatable bonds is 15. The molecule has 4 aliphatic carbocycles. The number of hydrogen-bond donors (Lipinski definition) is 3. The Morgan fingerprint density at radius 1 is 0.685 bits per heavy atom. The number of pyridine rings is 2. The number of ether oxygens (including phenoxy) is 3. The Hall–Kier alpha value is -8.13. The van der Waals surface area contributed by atoms with Gasteiger partial charge in [-0.25, -0.2) is 36.8 Å². The van der Waals surface area contributed by atoms with Gasteiger partial charge in [0.25, 0.3) is 0 Å². The fraction of sp³-hybridized carbons (Fsp3) is 0.558. The molecule has 4 saturated carbocycles. The number of amides is 6. The fourth-order valence-corrected chi connectivity index (χ4v) is 19.4. The number of aromatic nitrogens is 4. The van der Waals surface area contributed by atoms with Crippen LogP contribution >= 0.6 is 22.7 Å². The van der Waals surface area contributed by atoms with Crippen molar-refractivity contribution in [2.24, 2.45) is 22.7 Å². The van der Waals surface area contributed by atoms with Crippen molar-refractivity contribution < 1.29 is 78.1 Å². The van der Waals surface area contributed by atoms with Gasteiger partial charge in [0.2, 0.25) is 55.5 Å². The highest BCUT2D eigenvalue weighted by atomic mass is 32.2. The van der Waals surface area contributed by atoms with Crippen LogP contribution in [0.25, 0.3) is 43.2 Å². The fourth-order valence-electron chi connectivity index (χ4n) is 14.9. The molecule has 31 heteroatoms. The van der Waals surface area contributed by atoms with Crippen molar-refractivity contribution in [1.82, 2.24) is 49.0 Å². The van der Waals surface area contributed by atoms with Crippen molar-refractivity contribution >= 4 is 100.0 Å². The number of allylic oxidation sites excluding steroid dienone is 4. The Labute approximate surface area is 636 Å². The Balaban J connectivity index is 0.000000211. The molecule has 2 saturated heterocycles. The van der Waals surface area contributed by atoms with Gasteiger partial charge in [-0.15, -0.1) is 22.7 Å². The number of carbonyl (C=O) groups excluding carboxylic acids is 6. The minimum atomic E-state index is -4.66. The topological polar surface area (TPSA) is 307 Å². The monoisotopic (exact) mass is 1570 g/mol. The van der Waals surface area contributed by atoms with E-state index in [1.54, 1.807) is 61.9 Å². The number of nitrogens with zero attached hydrogens (tertiary/aromatic N) is 8. The normalized spacial score (nSPS) is 25.9. The van der Waals surface area contributed by atoms with Gasteiger partial charge >= 0.3 is 6.18 Å². The van der Waals surface area contributed by atoms with Gasteiger partial charge in [-0.1, -0.05) is 59.1 Å². The largest absolute Gasteiger partial charge is 0.496 e. The van der Waals surface area contributed by atoms with Gasteiger partial charge < -0.3 is 38.9 Å². The van der Waals surface area contributed by atoms with Gasteiger partial charge in [-0.2, -0.15) is 13.2 Å². The molecular formula is C77H97F3N10O14S4. The van der Waals surface area contributed by atoms with Crippen molar-refractivity contribution in [3.05, 3.63) is 99.5 Å². The molecule has 6 amide bonds. The summed E-state index contributed by atoms with van der Waals surface area (Å²) in [7, 11) is -2.72. The Morgan fingerprint density at radius 2 is 1.18 bits per heavy atom.